The molecule has 0 amide bonds. The maximum atomic E-state index is 5.87. The average Bonchev–Trinajstić information content (AvgIpc) is 1.64. The zero-order chi connectivity index (χ0) is 5.98. The molecule has 1 rings (SSSR count). The Labute approximate surface area is 72.0 Å². The Morgan fingerprint density at radius 1 is 1.12 bits per heavy atom. The zero-order valence-electron chi connectivity index (χ0n) is 4.14. The fraction of sp³-hybridized carbons (Fsp3) is 1.00. The van der Waals surface area contributed by atoms with E-state index in [1.54, 1.807) is 0 Å². The second-order valence-electron chi connectivity index (χ2n) is 1.49. The first-order valence-electron chi connectivity index (χ1n) is 2.30. The van der Waals surface area contributed by atoms with Gasteiger partial charge in [0, 0.05) is 0 Å². The SMILES string of the molecule is ClC1C[Se]CC(Cl)[Se]1. The Morgan fingerprint density at radius 2 is 1.62 bits per heavy atom. The summed E-state index contributed by atoms with van der Waals surface area (Å²) in [6.07, 6.45) is 0. The summed E-state index contributed by atoms with van der Waals surface area (Å²) in [6.45, 7) is 0. The van der Waals surface area contributed by atoms with Gasteiger partial charge in [0.15, 0.2) is 0 Å². The standard InChI is InChI=1S/C4H6Cl2Se2/c5-3-1-7-2-4(6)8-3/h3-4H,1-2H2. The van der Waals surface area contributed by atoms with Gasteiger partial charge < -0.3 is 0 Å². The van der Waals surface area contributed by atoms with Gasteiger partial charge in [0.05, 0.1) is 0 Å². The van der Waals surface area contributed by atoms with Crippen LogP contribution in [0.2, 0.25) is 10.6 Å². The number of hydrogen-bond acceptors (Lipinski definition) is 0. The minimum absolute atomic E-state index is 0.443. The van der Waals surface area contributed by atoms with Crippen molar-refractivity contribution < 1.29 is 0 Å². The molecule has 0 aliphatic carbocycles. The van der Waals surface area contributed by atoms with E-state index in [2.05, 4.69) is 0 Å². The minimum atomic E-state index is 0.443. The molecule has 1 aliphatic rings. The summed E-state index contributed by atoms with van der Waals surface area (Å²) in [5.74, 6) is 0. The fourth-order valence-electron chi connectivity index (χ4n) is 0.492. The number of rotatable bonds is 0. The van der Waals surface area contributed by atoms with Crippen molar-refractivity contribution in [2.45, 2.75) is 19.2 Å². The normalized spacial score (nSPS) is 39.8. The molecule has 48 valence electrons. The molecule has 1 aliphatic heterocycles. The van der Waals surface area contributed by atoms with Gasteiger partial charge in [-0.2, -0.15) is 0 Å². The van der Waals surface area contributed by atoms with Crippen LogP contribution in [0.15, 0.2) is 0 Å². The van der Waals surface area contributed by atoms with Crippen molar-refractivity contribution in [3.8, 4) is 0 Å². The summed E-state index contributed by atoms with van der Waals surface area (Å²) in [5, 5.41) is 2.50. The molecule has 2 unspecified atom stereocenters. The molecule has 0 N–H and O–H groups in total. The maximum absolute atomic E-state index is 5.87. The van der Waals surface area contributed by atoms with Crippen LogP contribution in [0, 0.1) is 0 Å². The van der Waals surface area contributed by atoms with Crippen LogP contribution in [0.1, 0.15) is 0 Å². The molecule has 1 heterocycles. The van der Waals surface area contributed by atoms with Gasteiger partial charge in [0.1, 0.15) is 0 Å². The number of hydrogen-bond donors (Lipinski definition) is 0. The summed E-state index contributed by atoms with van der Waals surface area (Å²) in [7, 11) is 0. The van der Waals surface area contributed by atoms with Crippen LogP contribution in [0.4, 0.5) is 0 Å². The van der Waals surface area contributed by atoms with Crippen LogP contribution in [0.5, 0.6) is 0 Å². The van der Waals surface area contributed by atoms with Gasteiger partial charge in [-0.25, -0.2) is 0 Å². The van der Waals surface area contributed by atoms with E-state index < -0.39 is 0 Å². The molecular weight excluding hydrogens is 277 g/mol. The van der Waals surface area contributed by atoms with Crippen molar-refractivity contribution in [3.63, 3.8) is 0 Å². The molecule has 0 bridgehead atoms. The first-order valence-corrected chi connectivity index (χ1v) is 7.58. The Hall–Kier alpha value is 1.62. The van der Waals surface area contributed by atoms with Crippen LogP contribution < -0.4 is 0 Å². The van der Waals surface area contributed by atoms with Crippen molar-refractivity contribution in [2.24, 2.45) is 0 Å². The summed E-state index contributed by atoms with van der Waals surface area (Å²) >= 11 is 13.0. The monoisotopic (exact) mass is 284 g/mol. The number of alkyl halides is 2. The molecule has 0 aromatic heterocycles. The van der Waals surface area contributed by atoms with E-state index in [-0.39, 0.29) is 0 Å². The van der Waals surface area contributed by atoms with Crippen molar-refractivity contribution in [3.05, 3.63) is 0 Å². The summed E-state index contributed by atoms with van der Waals surface area (Å²) in [5.41, 5.74) is 0. The molecule has 1 saturated heterocycles. The third kappa shape index (κ3) is 2.47. The molecule has 0 saturated carbocycles. The Morgan fingerprint density at radius 3 is 1.88 bits per heavy atom. The molecule has 0 aromatic carbocycles. The van der Waals surface area contributed by atoms with E-state index in [0.29, 0.717) is 23.5 Å². The average molecular weight is 283 g/mol. The van der Waals surface area contributed by atoms with E-state index in [9.17, 15) is 0 Å². The van der Waals surface area contributed by atoms with Crippen LogP contribution in [0.3, 0.4) is 0 Å². The molecule has 0 nitrogen and oxygen atoms in total. The first-order chi connectivity index (χ1) is 3.79. The van der Waals surface area contributed by atoms with Gasteiger partial charge in [-0.05, 0) is 0 Å². The van der Waals surface area contributed by atoms with E-state index in [1.807, 2.05) is 0 Å². The molecule has 0 radical (unpaired) electrons. The summed E-state index contributed by atoms with van der Waals surface area (Å²) in [6, 6.07) is 0. The Balaban J connectivity index is 2.23. The van der Waals surface area contributed by atoms with Crippen molar-refractivity contribution in [1.29, 1.82) is 0 Å². The third-order valence-corrected chi connectivity index (χ3v) is 9.47. The van der Waals surface area contributed by atoms with Gasteiger partial charge in [0.25, 0.3) is 0 Å². The van der Waals surface area contributed by atoms with Crippen molar-refractivity contribution in [1.82, 2.24) is 0 Å². The number of halogens is 2. The van der Waals surface area contributed by atoms with Crippen LogP contribution >= 0.6 is 23.2 Å². The molecule has 1 fully saturated rings. The van der Waals surface area contributed by atoms with E-state index in [4.69, 9.17) is 23.2 Å². The molecular formula is C4H6Cl2Se2. The van der Waals surface area contributed by atoms with Gasteiger partial charge in [0.2, 0.25) is 0 Å². The Kier molecular flexibility index (Phi) is 3.58. The first kappa shape index (κ1) is 7.72. The summed E-state index contributed by atoms with van der Waals surface area (Å²) in [4.78, 5) is 0. The van der Waals surface area contributed by atoms with E-state index in [0.717, 1.165) is 15.0 Å². The van der Waals surface area contributed by atoms with Gasteiger partial charge >= 0.3 is 72.3 Å². The molecule has 0 aromatic rings. The molecule has 0 spiro atoms. The molecule has 2 atom stereocenters. The van der Waals surface area contributed by atoms with E-state index >= 15 is 0 Å². The van der Waals surface area contributed by atoms with Crippen molar-refractivity contribution >= 4 is 53.1 Å². The second kappa shape index (κ2) is 3.71. The molecule has 4 heteroatoms. The quantitative estimate of drug-likeness (QED) is 0.465. The topological polar surface area (TPSA) is 0 Å². The predicted octanol–water partition coefficient (Wildman–Crippen LogP) is 1.37. The van der Waals surface area contributed by atoms with Gasteiger partial charge in [-0.3, -0.25) is 0 Å². The molecule has 8 heavy (non-hydrogen) atoms. The van der Waals surface area contributed by atoms with Crippen molar-refractivity contribution in [2.75, 3.05) is 0 Å². The van der Waals surface area contributed by atoms with Gasteiger partial charge in [-0.15, -0.1) is 0 Å². The van der Waals surface area contributed by atoms with Gasteiger partial charge in [-0.1, -0.05) is 0 Å². The fourth-order valence-corrected chi connectivity index (χ4v) is 8.86. The zero-order valence-corrected chi connectivity index (χ0v) is 9.08. The van der Waals surface area contributed by atoms with Crippen LogP contribution in [-0.4, -0.2) is 38.5 Å². The predicted molar refractivity (Wildman–Crippen MR) is 40.4 cm³/mol. The second-order valence-corrected chi connectivity index (χ2v) is 8.94. The Bertz CT molecular complexity index is 70.4. The summed E-state index contributed by atoms with van der Waals surface area (Å²) < 4.78 is 0.887. The third-order valence-electron chi connectivity index (χ3n) is 0.793. The van der Waals surface area contributed by atoms with Crippen LogP contribution in [-0.2, 0) is 0 Å². The van der Waals surface area contributed by atoms with Crippen LogP contribution in [0.25, 0.3) is 0 Å². The van der Waals surface area contributed by atoms with E-state index in [1.165, 1.54) is 10.6 Å².